The van der Waals surface area contributed by atoms with Crippen molar-refractivity contribution in [2.75, 3.05) is 11.5 Å². The minimum atomic E-state index is 0.663. The van der Waals surface area contributed by atoms with Crippen molar-refractivity contribution in [2.24, 2.45) is 0 Å². The third-order valence-corrected chi connectivity index (χ3v) is 2.98. The molecule has 0 spiro atoms. The molecule has 68 valence electrons. The number of anilines is 2. The van der Waals surface area contributed by atoms with Gasteiger partial charge in [0.1, 0.15) is 9.83 Å². The second kappa shape index (κ2) is 2.60. The summed E-state index contributed by atoms with van der Waals surface area (Å²) in [6, 6.07) is 2.02. The van der Waals surface area contributed by atoms with Crippen molar-refractivity contribution in [3.63, 3.8) is 0 Å². The Morgan fingerprint density at radius 3 is 2.69 bits per heavy atom. The number of nitrogens with two attached hydrogens (primary N) is 2. The van der Waals surface area contributed by atoms with E-state index in [1.54, 1.807) is 0 Å². The number of aromatic nitrogens is 1. The maximum absolute atomic E-state index is 5.83. The number of pyridine rings is 1. The largest absolute Gasteiger partial charge is 0.396 e. The SMILES string of the molecule is Cc1cc(C)c2c(N)c(N)sc2n1. The molecule has 0 bridgehead atoms. The zero-order valence-electron chi connectivity index (χ0n) is 7.59. The number of nitrogen functional groups attached to an aromatic ring is 2. The van der Waals surface area contributed by atoms with Gasteiger partial charge in [-0.25, -0.2) is 4.98 Å². The molecule has 0 unspecified atom stereocenters. The summed E-state index contributed by atoms with van der Waals surface area (Å²) in [5.74, 6) is 0. The van der Waals surface area contributed by atoms with E-state index >= 15 is 0 Å². The third kappa shape index (κ3) is 1.14. The molecule has 0 aromatic carbocycles. The van der Waals surface area contributed by atoms with Gasteiger partial charge >= 0.3 is 0 Å². The molecule has 0 saturated carbocycles. The molecule has 13 heavy (non-hydrogen) atoms. The fourth-order valence-corrected chi connectivity index (χ4v) is 2.47. The summed E-state index contributed by atoms with van der Waals surface area (Å²) >= 11 is 1.45. The minimum Gasteiger partial charge on any atom is -0.396 e. The van der Waals surface area contributed by atoms with Gasteiger partial charge in [-0.2, -0.15) is 0 Å². The number of thiophene rings is 1. The van der Waals surface area contributed by atoms with Crippen molar-refractivity contribution in [1.82, 2.24) is 4.98 Å². The highest BCUT2D eigenvalue weighted by atomic mass is 32.1. The molecule has 0 aliphatic heterocycles. The van der Waals surface area contributed by atoms with Gasteiger partial charge in [0.2, 0.25) is 0 Å². The second-order valence-corrected chi connectivity index (χ2v) is 4.17. The molecule has 2 aromatic rings. The smallest absolute Gasteiger partial charge is 0.127 e. The van der Waals surface area contributed by atoms with Gasteiger partial charge in [-0.15, -0.1) is 0 Å². The number of fused-ring (bicyclic) bond motifs is 1. The van der Waals surface area contributed by atoms with Crippen molar-refractivity contribution >= 4 is 32.2 Å². The lowest BCUT2D eigenvalue weighted by molar-refractivity contribution is 1.25. The Hall–Kier alpha value is -1.29. The van der Waals surface area contributed by atoms with Crippen LogP contribution >= 0.6 is 11.3 Å². The molecular weight excluding hydrogens is 182 g/mol. The normalized spacial score (nSPS) is 10.9. The Kier molecular flexibility index (Phi) is 1.66. The van der Waals surface area contributed by atoms with Gasteiger partial charge in [-0.3, -0.25) is 0 Å². The Morgan fingerprint density at radius 1 is 1.31 bits per heavy atom. The van der Waals surface area contributed by atoms with Crippen LogP contribution in [0.5, 0.6) is 0 Å². The molecule has 2 aromatic heterocycles. The Bertz CT molecular complexity index is 473. The molecular formula is C9H11N3S. The summed E-state index contributed by atoms with van der Waals surface area (Å²) < 4.78 is 0. The first kappa shape index (κ1) is 8.31. The average Bonchev–Trinajstić information content (AvgIpc) is 2.27. The first-order chi connectivity index (χ1) is 6.09. The van der Waals surface area contributed by atoms with E-state index in [1.165, 1.54) is 11.3 Å². The lowest BCUT2D eigenvalue weighted by atomic mass is 10.1. The quantitative estimate of drug-likeness (QED) is 0.673. The zero-order valence-corrected chi connectivity index (χ0v) is 8.40. The lowest BCUT2D eigenvalue weighted by Gasteiger charge is -1.98. The number of rotatable bonds is 0. The summed E-state index contributed by atoms with van der Waals surface area (Å²) in [6.07, 6.45) is 0. The summed E-state index contributed by atoms with van der Waals surface area (Å²) in [5.41, 5.74) is 14.4. The van der Waals surface area contributed by atoms with Crippen molar-refractivity contribution in [2.45, 2.75) is 13.8 Å². The van der Waals surface area contributed by atoms with E-state index in [2.05, 4.69) is 4.98 Å². The summed E-state index contributed by atoms with van der Waals surface area (Å²) in [6.45, 7) is 4.00. The highest BCUT2D eigenvalue weighted by Gasteiger charge is 2.10. The predicted octanol–water partition coefficient (Wildman–Crippen LogP) is 2.08. The van der Waals surface area contributed by atoms with Crippen LogP contribution in [0.2, 0.25) is 0 Å². The first-order valence-electron chi connectivity index (χ1n) is 4.01. The van der Waals surface area contributed by atoms with Gasteiger partial charge in [0.25, 0.3) is 0 Å². The summed E-state index contributed by atoms with van der Waals surface area (Å²) in [5, 5.41) is 1.67. The van der Waals surface area contributed by atoms with E-state index in [0.717, 1.165) is 21.5 Å². The topological polar surface area (TPSA) is 64.9 Å². The number of hydrogen-bond acceptors (Lipinski definition) is 4. The van der Waals surface area contributed by atoms with Crippen LogP contribution in [0.25, 0.3) is 10.2 Å². The lowest BCUT2D eigenvalue weighted by Crippen LogP contribution is -1.90. The standard InChI is InChI=1S/C9H11N3S/c1-4-3-5(2)12-9-6(4)7(10)8(11)13-9/h3H,10-11H2,1-2H3. The Labute approximate surface area is 80.4 Å². The van der Waals surface area contributed by atoms with E-state index in [1.807, 2.05) is 19.9 Å². The molecule has 4 heteroatoms. The van der Waals surface area contributed by atoms with Crippen LogP contribution in [0, 0.1) is 13.8 Å². The molecule has 0 atom stereocenters. The maximum atomic E-state index is 5.83. The van der Waals surface area contributed by atoms with Crippen LogP contribution < -0.4 is 11.5 Å². The van der Waals surface area contributed by atoms with Crippen LogP contribution in [0.3, 0.4) is 0 Å². The van der Waals surface area contributed by atoms with Gasteiger partial charge < -0.3 is 11.5 Å². The first-order valence-corrected chi connectivity index (χ1v) is 4.83. The molecule has 0 radical (unpaired) electrons. The maximum Gasteiger partial charge on any atom is 0.127 e. The fraction of sp³-hybridized carbons (Fsp3) is 0.222. The molecule has 0 fully saturated rings. The second-order valence-electron chi connectivity index (χ2n) is 3.14. The zero-order chi connectivity index (χ0) is 9.59. The van der Waals surface area contributed by atoms with Crippen molar-refractivity contribution < 1.29 is 0 Å². The summed E-state index contributed by atoms with van der Waals surface area (Å²) in [7, 11) is 0. The van der Waals surface area contributed by atoms with Gasteiger partial charge in [0.15, 0.2) is 0 Å². The van der Waals surface area contributed by atoms with E-state index in [4.69, 9.17) is 11.5 Å². The molecule has 0 aliphatic rings. The molecule has 0 aliphatic carbocycles. The van der Waals surface area contributed by atoms with Gasteiger partial charge in [0.05, 0.1) is 5.69 Å². The summed E-state index contributed by atoms with van der Waals surface area (Å²) in [4.78, 5) is 5.31. The highest BCUT2D eigenvalue weighted by Crippen LogP contribution is 2.36. The minimum absolute atomic E-state index is 0.663. The molecule has 0 saturated heterocycles. The van der Waals surface area contributed by atoms with E-state index < -0.39 is 0 Å². The van der Waals surface area contributed by atoms with Crippen LogP contribution in [-0.2, 0) is 0 Å². The number of hydrogen-bond donors (Lipinski definition) is 2. The Balaban J connectivity index is 2.94. The molecule has 0 amide bonds. The average molecular weight is 193 g/mol. The number of nitrogens with zero attached hydrogens (tertiary/aromatic N) is 1. The number of aryl methyl sites for hydroxylation is 2. The van der Waals surface area contributed by atoms with Crippen molar-refractivity contribution in [3.05, 3.63) is 17.3 Å². The predicted molar refractivity (Wildman–Crippen MR) is 57.9 cm³/mol. The monoisotopic (exact) mass is 193 g/mol. The molecule has 4 N–H and O–H groups in total. The van der Waals surface area contributed by atoms with Crippen LogP contribution in [-0.4, -0.2) is 4.98 Å². The Morgan fingerprint density at radius 2 is 2.00 bits per heavy atom. The third-order valence-electron chi connectivity index (χ3n) is 2.05. The van der Waals surface area contributed by atoms with Crippen LogP contribution in [0.15, 0.2) is 6.07 Å². The van der Waals surface area contributed by atoms with E-state index in [0.29, 0.717) is 10.7 Å². The van der Waals surface area contributed by atoms with E-state index in [-0.39, 0.29) is 0 Å². The van der Waals surface area contributed by atoms with Crippen molar-refractivity contribution in [1.29, 1.82) is 0 Å². The van der Waals surface area contributed by atoms with Crippen LogP contribution in [0.4, 0.5) is 10.7 Å². The van der Waals surface area contributed by atoms with Gasteiger partial charge in [-0.05, 0) is 25.5 Å². The molecule has 2 rings (SSSR count). The fourth-order valence-electron chi connectivity index (χ4n) is 1.49. The van der Waals surface area contributed by atoms with Crippen molar-refractivity contribution in [3.8, 4) is 0 Å². The van der Waals surface area contributed by atoms with Gasteiger partial charge in [0, 0.05) is 11.1 Å². The van der Waals surface area contributed by atoms with Gasteiger partial charge in [-0.1, -0.05) is 11.3 Å². The highest BCUT2D eigenvalue weighted by molar-refractivity contribution is 7.23. The molecule has 2 heterocycles. The molecule has 3 nitrogen and oxygen atoms in total. The van der Waals surface area contributed by atoms with Crippen LogP contribution in [0.1, 0.15) is 11.3 Å². The van der Waals surface area contributed by atoms with E-state index in [9.17, 15) is 0 Å².